The molecule has 98 valence electrons. The summed E-state index contributed by atoms with van der Waals surface area (Å²) < 4.78 is 37.0. The van der Waals surface area contributed by atoms with Crippen molar-refractivity contribution >= 4 is 11.3 Å². The number of hydrogen-bond donors (Lipinski definition) is 1. The number of alkyl halides is 3. The molecule has 0 saturated carbocycles. The minimum Gasteiger partial charge on any atom is -0.318 e. The molecule has 17 heavy (non-hydrogen) atoms. The number of nitrogens with zero attached hydrogens (tertiary/aromatic N) is 3. The topological polar surface area (TPSA) is 41.0 Å². The molecule has 0 aromatic carbocycles. The lowest BCUT2D eigenvalue weighted by molar-refractivity contribution is -0.146. The number of likely N-dealkylation sites (N-methyl/N-ethyl adjacent to an activating group) is 1. The predicted octanol–water partition coefficient (Wildman–Crippen LogP) is 1.43. The number of aromatic nitrogens is 2. The first-order valence-electron chi connectivity index (χ1n) is 5.13. The van der Waals surface area contributed by atoms with Gasteiger partial charge in [-0.2, -0.15) is 13.2 Å². The second-order valence-corrected chi connectivity index (χ2v) is 4.91. The van der Waals surface area contributed by atoms with Crippen molar-refractivity contribution in [1.82, 2.24) is 20.4 Å². The third kappa shape index (κ3) is 5.94. The number of hydrogen-bond acceptors (Lipinski definition) is 5. The van der Waals surface area contributed by atoms with Crippen molar-refractivity contribution in [3.05, 3.63) is 10.0 Å². The van der Waals surface area contributed by atoms with Crippen molar-refractivity contribution in [2.75, 3.05) is 26.7 Å². The van der Waals surface area contributed by atoms with Crippen LogP contribution in [0.4, 0.5) is 13.2 Å². The summed E-state index contributed by atoms with van der Waals surface area (Å²) in [7, 11) is 1.71. The van der Waals surface area contributed by atoms with Gasteiger partial charge in [0.25, 0.3) is 0 Å². The van der Waals surface area contributed by atoms with Crippen LogP contribution < -0.4 is 5.32 Å². The maximum atomic E-state index is 12.3. The van der Waals surface area contributed by atoms with Crippen molar-refractivity contribution in [2.24, 2.45) is 0 Å². The lowest BCUT2D eigenvalue weighted by Crippen LogP contribution is -2.37. The summed E-state index contributed by atoms with van der Waals surface area (Å²) in [5.74, 6) is 0. The molecule has 4 nitrogen and oxygen atoms in total. The van der Waals surface area contributed by atoms with E-state index in [2.05, 4.69) is 15.5 Å². The zero-order valence-electron chi connectivity index (χ0n) is 9.71. The van der Waals surface area contributed by atoms with E-state index in [9.17, 15) is 13.2 Å². The first-order chi connectivity index (χ1) is 7.90. The average molecular weight is 268 g/mol. The molecule has 1 rings (SSSR count). The van der Waals surface area contributed by atoms with Gasteiger partial charge in [-0.3, -0.25) is 4.90 Å². The number of rotatable bonds is 6. The van der Waals surface area contributed by atoms with Crippen molar-refractivity contribution < 1.29 is 13.2 Å². The van der Waals surface area contributed by atoms with E-state index in [1.165, 1.54) is 16.2 Å². The molecule has 0 bridgehead atoms. The fourth-order valence-corrected chi connectivity index (χ4v) is 2.08. The van der Waals surface area contributed by atoms with E-state index in [4.69, 9.17) is 0 Å². The van der Waals surface area contributed by atoms with Gasteiger partial charge in [0.15, 0.2) is 0 Å². The van der Waals surface area contributed by atoms with Crippen LogP contribution in [0.15, 0.2) is 0 Å². The molecule has 1 aromatic heterocycles. The summed E-state index contributed by atoms with van der Waals surface area (Å²) in [6.07, 6.45) is -4.19. The van der Waals surface area contributed by atoms with E-state index >= 15 is 0 Å². The molecule has 0 atom stereocenters. The van der Waals surface area contributed by atoms with E-state index in [1.807, 2.05) is 0 Å². The Balaban J connectivity index is 2.56. The Morgan fingerprint density at radius 2 is 2.06 bits per heavy atom. The summed E-state index contributed by atoms with van der Waals surface area (Å²) in [6.45, 7) is 1.88. The van der Waals surface area contributed by atoms with Crippen molar-refractivity contribution in [3.63, 3.8) is 0 Å². The summed E-state index contributed by atoms with van der Waals surface area (Å²) >= 11 is 1.32. The summed E-state index contributed by atoms with van der Waals surface area (Å²) in [6, 6.07) is 0. The van der Waals surface area contributed by atoms with Gasteiger partial charge >= 0.3 is 6.18 Å². The maximum absolute atomic E-state index is 12.3. The smallest absolute Gasteiger partial charge is 0.318 e. The Morgan fingerprint density at radius 3 is 2.53 bits per heavy atom. The SMILES string of the molecule is CNCCN(Cc1nnc(C)s1)CC(F)(F)F. The number of aryl methyl sites for hydroxylation is 1. The highest BCUT2D eigenvalue weighted by molar-refractivity contribution is 7.11. The van der Waals surface area contributed by atoms with Gasteiger partial charge in [0.2, 0.25) is 0 Å². The maximum Gasteiger partial charge on any atom is 0.401 e. The summed E-state index contributed by atoms with van der Waals surface area (Å²) in [5, 5.41) is 11.8. The Labute approximate surface area is 102 Å². The lowest BCUT2D eigenvalue weighted by atomic mass is 10.4. The Morgan fingerprint density at radius 1 is 1.35 bits per heavy atom. The van der Waals surface area contributed by atoms with Gasteiger partial charge in [-0.25, -0.2) is 0 Å². The summed E-state index contributed by atoms with van der Waals surface area (Å²) in [4.78, 5) is 1.32. The van der Waals surface area contributed by atoms with E-state index in [-0.39, 0.29) is 6.54 Å². The molecule has 1 N–H and O–H groups in total. The van der Waals surface area contributed by atoms with E-state index in [0.717, 1.165) is 5.01 Å². The zero-order chi connectivity index (χ0) is 12.9. The third-order valence-electron chi connectivity index (χ3n) is 2.01. The van der Waals surface area contributed by atoms with Crippen LogP contribution in [0.1, 0.15) is 10.0 Å². The third-order valence-corrected chi connectivity index (χ3v) is 2.83. The molecule has 0 aliphatic carbocycles. The van der Waals surface area contributed by atoms with E-state index in [0.29, 0.717) is 18.1 Å². The Kier molecular flexibility index (Phi) is 5.29. The molecule has 0 unspecified atom stereocenters. The van der Waals surface area contributed by atoms with Crippen LogP contribution in [0.5, 0.6) is 0 Å². The molecule has 0 fully saturated rings. The molecule has 8 heteroatoms. The highest BCUT2D eigenvalue weighted by Crippen LogP contribution is 2.18. The normalized spacial score (nSPS) is 12.4. The fraction of sp³-hybridized carbons (Fsp3) is 0.778. The van der Waals surface area contributed by atoms with E-state index < -0.39 is 12.7 Å². The summed E-state index contributed by atoms with van der Waals surface area (Å²) in [5.41, 5.74) is 0. The first kappa shape index (κ1) is 14.3. The zero-order valence-corrected chi connectivity index (χ0v) is 10.5. The molecule has 0 radical (unpaired) electrons. The van der Waals surface area contributed by atoms with Crippen LogP contribution in [-0.2, 0) is 6.54 Å². The molecule has 0 spiro atoms. The lowest BCUT2D eigenvalue weighted by Gasteiger charge is -2.22. The largest absolute Gasteiger partial charge is 0.401 e. The number of nitrogens with one attached hydrogen (secondary N) is 1. The first-order valence-corrected chi connectivity index (χ1v) is 5.95. The second kappa shape index (κ2) is 6.27. The van der Waals surface area contributed by atoms with Crippen molar-refractivity contribution in [1.29, 1.82) is 0 Å². The molecule has 0 aliphatic rings. The minimum absolute atomic E-state index is 0.187. The van der Waals surface area contributed by atoms with Crippen LogP contribution in [0.25, 0.3) is 0 Å². The molecular formula is C9H15F3N4S. The standard InChI is InChI=1S/C9H15F3N4S/c1-7-14-15-8(17-7)5-16(4-3-13-2)6-9(10,11)12/h13H,3-6H2,1-2H3. The van der Waals surface area contributed by atoms with Gasteiger partial charge in [0, 0.05) is 13.1 Å². The van der Waals surface area contributed by atoms with Gasteiger partial charge in [-0.05, 0) is 14.0 Å². The van der Waals surface area contributed by atoms with Gasteiger partial charge in [-0.1, -0.05) is 0 Å². The van der Waals surface area contributed by atoms with Crippen LogP contribution in [0.2, 0.25) is 0 Å². The highest BCUT2D eigenvalue weighted by atomic mass is 32.1. The van der Waals surface area contributed by atoms with E-state index in [1.54, 1.807) is 14.0 Å². The van der Waals surface area contributed by atoms with Crippen LogP contribution in [-0.4, -0.2) is 48.0 Å². The molecular weight excluding hydrogens is 253 g/mol. The molecule has 0 aliphatic heterocycles. The van der Waals surface area contributed by atoms with Crippen molar-refractivity contribution in [3.8, 4) is 0 Å². The van der Waals surface area contributed by atoms with Gasteiger partial charge < -0.3 is 5.32 Å². The van der Waals surface area contributed by atoms with Crippen molar-refractivity contribution in [2.45, 2.75) is 19.6 Å². The second-order valence-electron chi connectivity index (χ2n) is 3.64. The minimum atomic E-state index is -4.19. The average Bonchev–Trinajstić information content (AvgIpc) is 2.58. The van der Waals surface area contributed by atoms with Crippen LogP contribution >= 0.6 is 11.3 Å². The molecule has 1 aromatic rings. The predicted molar refractivity (Wildman–Crippen MR) is 59.9 cm³/mol. The quantitative estimate of drug-likeness (QED) is 0.847. The highest BCUT2D eigenvalue weighted by Gasteiger charge is 2.30. The number of halogens is 3. The van der Waals surface area contributed by atoms with Gasteiger partial charge in [0.1, 0.15) is 10.0 Å². The van der Waals surface area contributed by atoms with Gasteiger partial charge in [0.05, 0.1) is 13.1 Å². The van der Waals surface area contributed by atoms with Crippen LogP contribution in [0, 0.1) is 6.92 Å². The Hall–Kier alpha value is -0.730. The van der Waals surface area contributed by atoms with Crippen LogP contribution in [0.3, 0.4) is 0 Å². The monoisotopic (exact) mass is 268 g/mol. The van der Waals surface area contributed by atoms with Gasteiger partial charge in [-0.15, -0.1) is 21.5 Å². The molecule has 0 saturated heterocycles. The molecule has 0 amide bonds. The Bertz CT molecular complexity index is 339. The molecule has 1 heterocycles. The fourth-order valence-electron chi connectivity index (χ4n) is 1.33.